The first-order valence-electron chi connectivity index (χ1n) is 11.5. The molecule has 0 amide bonds. The van der Waals surface area contributed by atoms with Crippen molar-refractivity contribution in [3.63, 3.8) is 0 Å². The third kappa shape index (κ3) is 5.71. The number of phenolic OH excluding ortho intramolecular Hbond substituents is 1. The van der Waals surface area contributed by atoms with Crippen molar-refractivity contribution >= 4 is 11.5 Å². The van der Waals surface area contributed by atoms with Crippen LogP contribution in [-0.2, 0) is 9.53 Å². The first kappa shape index (κ1) is 21.5. The summed E-state index contributed by atoms with van der Waals surface area (Å²) in [6.45, 7) is 6.43. The predicted molar refractivity (Wildman–Crippen MR) is 124 cm³/mol. The number of nitrogens with zero attached hydrogens (tertiary/aromatic N) is 1. The summed E-state index contributed by atoms with van der Waals surface area (Å²) >= 11 is 0. The summed E-state index contributed by atoms with van der Waals surface area (Å²) in [7, 11) is 0. The number of rotatable bonds is 8. The van der Waals surface area contributed by atoms with E-state index < -0.39 is 0 Å². The van der Waals surface area contributed by atoms with Gasteiger partial charge in [-0.1, -0.05) is 12.1 Å². The molecule has 1 saturated carbocycles. The van der Waals surface area contributed by atoms with Gasteiger partial charge in [0.25, 0.3) is 0 Å². The predicted octanol–water partition coefficient (Wildman–Crippen LogP) is 5.47. The largest absolute Gasteiger partial charge is 0.508 e. The molecular weight excluding hydrogens is 386 g/mol. The molecule has 164 valence electrons. The highest BCUT2D eigenvalue weighted by Crippen LogP contribution is 2.43. The second-order valence-electron chi connectivity index (χ2n) is 9.23. The number of aryl methyl sites for hydroxylation is 1. The van der Waals surface area contributed by atoms with E-state index in [1.807, 2.05) is 30.4 Å². The average Bonchev–Trinajstić information content (AvgIpc) is 3.60. The minimum absolute atomic E-state index is 0.244. The lowest BCUT2D eigenvalue weighted by molar-refractivity contribution is -0.117. The fourth-order valence-electron chi connectivity index (χ4n) is 4.67. The third-order valence-electron chi connectivity index (χ3n) is 6.64. The Morgan fingerprint density at radius 2 is 2.03 bits per heavy atom. The van der Waals surface area contributed by atoms with Crippen molar-refractivity contribution in [2.45, 2.75) is 46.0 Å². The molecule has 4 rings (SSSR count). The van der Waals surface area contributed by atoms with E-state index >= 15 is 0 Å². The van der Waals surface area contributed by atoms with Gasteiger partial charge < -0.3 is 19.5 Å². The van der Waals surface area contributed by atoms with Crippen molar-refractivity contribution in [3.05, 3.63) is 65.1 Å². The Labute approximate surface area is 185 Å². The number of Topliss-reactive ketones (excluding diaryl/α,β-unsaturated/α-hetero) is 1. The molecule has 3 aliphatic rings. The summed E-state index contributed by atoms with van der Waals surface area (Å²) < 4.78 is 6.22. The monoisotopic (exact) mass is 419 g/mol. The zero-order chi connectivity index (χ0) is 21.8. The molecule has 2 fully saturated rings. The van der Waals surface area contributed by atoms with Gasteiger partial charge in [-0.25, -0.2) is 0 Å². The molecule has 1 aromatic carbocycles. The molecule has 0 radical (unpaired) electrons. The molecule has 0 aromatic heterocycles. The lowest BCUT2D eigenvalue weighted by Crippen LogP contribution is -2.35. The van der Waals surface area contributed by atoms with Crippen molar-refractivity contribution in [1.29, 1.82) is 0 Å². The van der Waals surface area contributed by atoms with Crippen LogP contribution in [0.4, 0.5) is 5.69 Å². The molecule has 2 aliphatic carbocycles. The normalized spacial score (nSPS) is 20.1. The number of aromatic hydroxyl groups is 1. The Kier molecular flexibility index (Phi) is 6.67. The van der Waals surface area contributed by atoms with Crippen LogP contribution in [0.25, 0.3) is 0 Å². The minimum Gasteiger partial charge on any atom is -0.508 e. The van der Waals surface area contributed by atoms with Gasteiger partial charge >= 0.3 is 0 Å². The van der Waals surface area contributed by atoms with Crippen molar-refractivity contribution in [1.82, 2.24) is 0 Å². The van der Waals surface area contributed by atoms with Crippen LogP contribution < -0.4 is 4.90 Å². The molecule has 0 bridgehead atoms. The molecular formula is C27H33NO3. The lowest BCUT2D eigenvalue weighted by atomic mass is 9.89. The number of allylic oxidation sites excluding steroid dienone is 4. The fraction of sp³-hybridized carbons (Fsp3) is 0.481. The smallest absolute Gasteiger partial charge is 0.130 e. The average molecular weight is 420 g/mol. The molecule has 31 heavy (non-hydrogen) atoms. The van der Waals surface area contributed by atoms with E-state index in [0.29, 0.717) is 30.6 Å². The number of ketones is 1. The number of hydrogen-bond acceptors (Lipinski definition) is 4. The molecule has 1 heterocycles. The number of anilines is 1. The van der Waals surface area contributed by atoms with Crippen LogP contribution in [0.1, 0.15) is 44.6 Å². The van der Waals surface area contributed by atoms with Gasteiger partial charge in [0.05, 0.1) is 6.61 Å². The van der Waals surface area contributed by atoms with Gasteiger partial charge in [0.15, 0.2) is 0 Å². The highest BCUT2D eigenvalue weighted by molar-refractivity contribution is 5.76. The zero-order valence-electron chi connectivity index (χ0n) is 18.6. The van der Waals surface area contributed by atoms with Gasteiger partial charge in [-0.05, 0) is 81.2 Å². The van der Waals surface area contributed by atoms with E-state index in [1.54, 1.807) is 13.0 Å². The number of ether oxygens (including phenoxy) is 1. The van der Waals surface area contributed by atoms with Gasteiger partial charge in [-0.3, -0.25) is 0 Å². The molecule has 1 unspecified atom stereocenters. The molecule has 1 saturated heterocycles. The SMILES string of the molecule is CC(=O)CC(C1=C=CC=CC(OCC2CCN(c3cc(O)ccc3C)CC2)=C1)C1CC1. The fourth-order valence-corrected chi connectivity index (χ4v) is 4.67. The first-order valence-corrected chi connectivity index (χ1v) is 11.5. The Hall–Kier alpha value is -2.71. The maximum absolute atomic E-state index is 11.8. The summed E-state index contributed by atoms with van der Waals surface area (Å²) in [6.07, 6.45) is 13.2. The van der Waals surface area contributed by atoms with Crippen LogP contribution in [0, 0.1) is 24.7 Å². The van der Waals surface area contributed by atoms with Crippen LogP contribution in [0.2, 0.25) is 0 Å². The van der Waals surface area contributed by atoms with Gasteiger partial charge in [-0.2, -0.15) is 0 Å². The highest BCUT2D eigenvalue weighted by atomic mass is 16.5. The Bertz CT molecular complexity index is 939. The molecule has 1 aromatic rings. The number of benzene rings is 1. The van der Waals surface area contributed by atoms with Crippen molar-refractivity contribution in [2.24, 2.45) is 17.8 Å². The van der Waals surface area contributed by atoms with E-state index in [9.17, 15) is 9.90 Å². The van der Waals surface area contributed by atoms with Crippen molar-refractivity contribution in [3.8, 4) is 5.75 Å². The van der Waals surface area contributed by atoms with Crippen LogP contribution in [0.3, 0.4) is 0 Å². The Morgan fingerprint density at radius 3 is 2.74 bits per heavy atom. The number of carbonyl (C=O) groups is 1. The second-order valence-corrected chi connectivity index (χ2v) is 9.23. The number of piperidine rings is 1. The number of phenols is 1. The van der Waals surface area contributed by atoms with E-state index in [1.165, 1.54) is 18.4 Å². The van der Waals surface area contributed by atoms with Crippen molar-refractivity contribution in [2.75, 3.05) is 24.6 Å². The molecule has 1 atom stereocenters. The Morgan fingerprint density at radius 1 is 1.26 bits per heavy atom. The molecule has 4 nitrogen and oxygen atoms in total. The number of carbonyl (C=O) groups excluding carboxylic acids is 1. The number of hydrogen-bond donors (Lipinski definition) is 1. The molecule has 4 heteroatoms. The topological polar surface area (TPSA) is 49.8 Å². The van der Waals surface area contributed by atoms with Crippen LogP contribution in [0.15, 0.2) is 59.6 Å². The van der Waals surface area contributed by atoms with E-state index in [4.69, 9.17) is 4.74 Å². The van der Waals surface area contributed by atoms with Crippen molar-refractivity contribution < 1.29 is 14.6 Å². The van der Waals surface area contributed by atoms with Gasteiger partial charge in [0.1, 0.15) is 17.3 Å². The van der Waals surface area contributed by atoms with E-state index in [2.05, 4.69) is 23.6 Å². The van der Waals surface area contributed by atoms with Crippen LogP contribution in [0.5, 0.6) is 5.75 Å². The van der Waals surface area contributed by atoms with Crippen LogP contribution in [-0.4, -0.2) is 30.6 Å². The van der Waals surface area contributed by atoms with E-state index in [-0.39, 0.29) is 11.7 Å². The lowest BCUT2D eigenvalue weighted by Gasteiger charge is -2.34. The van der Waals surface area contributed by atoms with Gasteiger partial charge in [0.2, 0.25) is 0 Å². The van der Waals surface area contributed by atoms with Gasteiger partial charge in [0, 0.05) is 42.8 Å². The summed E-state index contributed by atoms with van der Waals surface area (Å²) in [4.78, 5) is 14.1. The molecule has 1 aliphatic heterocycles. The van der Waals surface area contributed by atoms with Gasteiger partial charge in [-0.15, -0.1) is 5.73 Å². The second kappa shape index (κ2) is 9.62. The quantitative estimate of drug-likeness (QED) is 0.567. The Balaban J connectivity index is 1.33. The summed E-state index contributed by atoms with van der Waals surface area (Å²) in [5, 5.41) is 9.83. The zero-order valence-corrected chi connectivity index (χ0v) is 18.6. The van der Waals surface area contributed by atoms with E-state index in [0.717, 1.165) is 43.0 Å². The summed E-state index contributed by atoms with van der Waals surface area (Å²) in [5.74, 6) is 2.83. The third-order valence-corrected chi connectivity index (χ3v) is 6.64. The van der Waals surface area contributed by atoms with Crippen LogP contribution >= 0.6 is 0 Å². The summed E-state index contributed by atoms with van der Waals surface area (Å²) in [6, 6.07) is 5.59. The molecule has 0 spiro atoms. The maximum Gasteiger partial charge on any atom is 0.130 e. The first-order chi connectivity index (χ1) is 15.0. The standard InChI is InChI=1S/C27H33NO3/c1-19-7-10-24(30)17-27(19)28-13-11-21(12-14-28)18-31-25-6-4-3-5-23(16-25)26(15-20(2)29)22-8-9-22/h3-4,6-7,10,16-17,21-22,26,30H,8-9,11-15,18H2,1-2H3. The highest BCUT2D eigenvalue weighted by Gasteiger charge is 2.34. The summed E-state index contributed by atoms with van der Waals surface area (Å²) in [5.41, 5.74) is 6.81. The minimum atomic E-state index is 0.244. The maximum atomic E-state index is 11.8. The molecule has 1 N–H and O–H groups in total.